The van der Waals surface area contributed by atoms with Gasteiger partial charge in [0.25, 0.3) is 0 Å². The van der Waals surface area contributed by atoms with Crippen molar-refractivity contribution in [2.75, 3.05) is 4.90 Å². The highest BCUT2D eigenvalue weighted by Crippen LogP contribution is 2.42. The number of nitrogens with zero attached hydrogens (tertiary/aromatic N) is 1. The van der Waals surface area contributed by atoms with Gasteiger partial charge in [-0.25, -0.2) is 0 Å². The molecular formula is C34H28N2. The van der Waals surface area contributed by atoms with Gasteiger partial charge >= 0.3 is 0 Å². The zero-order valence-electron chi connectivity index (χ0n) is 20.0. The second-order valence-corrected chi connectivity index (χ2v) is 9.28. The number of benzene rings is 5. The summed E-state index contributed by atoms with van der Waals surface area (Å²) in [5.41, 5.74) is 12.2. The molecule has 6 rings (SSSR count). The maximum atomic E-state index is 7.05. The van der Waals surface area contributed by atoms with Crippen molar-refractivity contribution in [1.82, 2.24) is 0 Å². The molecular weight excluding hydrogens is 436 g/mol. The lowest BCUT2D eigenvalue weighted by atomic mass is 9.73. The monoisotopic (exact) mass is 464 g/mol. The van der Waals surface area contributed by atoms with Gasteiger partial charge in [0.15, 0.2) is 0 Å². The van der Waals surface area contributed by atoms with Crippen LogP contribution in [0.25, 0.3) is 10.8 Å². The van der Waals surface area contributed by atoms with Crippen LogP contribution in [0.3, 0.4) is 0 Å². The molecule has 2 nitrogen and oxygen atoms in total. The van der Waals surface area contributed by atoms with E-state index >= 15 is 0 Å². The van der Waals surface area contributed by atoms with E-state index in [4.69, 9.17) is 5.73 Å². The molecule has 174 valence electrons. The highest BCUT2D eigenvalue weighted by atomic mass is 15.1. The fourth-order valence-corrected chi connectivity index (χ4v) is 5.28. The van der Waals surface area contributed by atoms with Crippen LogP contribution < -0.4 is 10.6 Å². The molecule has 0 spiro atoms. The molecule has 0 aliphatic heterocycles. The van der Waals surface area contributed by atoms with E-state index in [1.807, 2.05) is 6.07 Å². The Kier molecular flexibility index (Phi) is 5.73. The average molecular weight is 465 g/mol. The lowest BCUT2D eigenvalue weighted by molar-refractivity contribution is 0.496. The Labute approximate surface area is 212 Å². The summed E-state index contributed by atoms with van der Waals surface area (Å²) in [5.74, 6) is 0.0432. The van der Waals surface area contributed by atoms with Gasteiger partial charge in [-0.1, -0.05) is 121 Å². The first-order chi connectivity index (χ1) is 17.7. The number of anilines is 3. The van der Waals surface area contributed by atoms with Crippen molar-refractivity contribution < 1.29 is 0 Å². The largest absolute Gasteiger partial charge is 0.317 e. The third kappa shape index (κ3) is 3.92. The molecule has 5 aromatic rings. The zero-order chi connectivity index (χ0) is 24.4. The lowest BCUT2D eigenvalue weighted by Crippen LogP contribution is -2.41. The van der Waals surface area contributed by atoms with Crippen LogP contribution >= 0.6 is 0 Å². The molecule has 36 heavy (non-hydrogen) atoms. The second kappa shape index (κ2) is 9.33. The van der Waals surface area contributed by atoms with Gasteiger partial charge in [0, 0.05) is 22.7 Å². The molecule has 0 bridgehead atoms. The van der Waals surface area contributed by atoms with E-state index < -0.39 is 5.54 Å². The van der Waals surface area contributed by atoms with Crippen LogP contribution in [0.5, 0.6) is 0 Å². The van der Waals surface area contributed by atoms with Gasteiger partial charge in [-0.15, -0.1) is 0 Å². The molecule has 0 heterocycles. The van der Waals surface area contributed by atoms with Crippen molar-refractivity contribution in [2.24, 2.45) is 5.73 Å². The van der Waals surface area contributed by atoms with Crippen molar-refractivity contribution in [3.63, 3.8) is 0 Å². The Bertz CT molecular complexity index is 1530. The summed E-state index contributed by atoms with van der Waals surface area (Å²) in [4.78, 5) is 2.33. The maximum absolute atomic E-state index is 7.05. The SMILES string of the molecule is NC1(c2ccccc2)C=CC=CC1c1ccc(N(c2ccccc2)c2cccc3ccccc23)cc1. The minimum Gasteiger partial charge on any atom is -0.317 e. The van der Waals surface area contributed by atoms with Gasteiger partial charge in [0.1, 0.15) is 0 Å². The lowest BCUT2D eigenvalue weighted by Gasteiger charge is -2.36. The molecule has 1 aliphatic carbocycles. The van der Waals surface area contributed by atoms with E-state index in [1.165, 1.54) is 16.3 Å². The Morgan fingerprint density at radius 2 is 1.22 bits per heavy atom. The standard InChI is InChI=1S/C34H28N2/c35-34(28-14-3-1-4-15-28)25-10-9-19-32(34)27-21-23-30(24-22-27)36(29-16-5-2-6-17-29)33-20-11-13-26-12-7-8-18-31(26)33/h1-25,32H,35H2. The Morgan fingerprint density at radius 3 is 2.00 bits per heavy atom. The van der Waals surface area contributed by atoms with Crippen LogP contribution in [0.2, 0.25) is 0 Å². The molecule has 0 saturated carbocycles. The second-order valence-electron chi connectivity index (χ2n) is 9.28. The van der Waals surface area contributed by atoms with E-state index in [1.54, 1.807) is 0 Å². The Morgan fingerprint density at radius 1 is 0.583 bits per heavy atom. The van der Waals surface area contributed by atoms with Crippen molar-refractivity contribution >= 4 is 27.8 Å². The summed E-state index contributed by atoms with van der Waals surface area (Å²) >= 11 is 0. The number of allylic oxidation sites excluding steroid dienone is 2. The normalized spacial score (nSPS) is 18.9. The minimum atomic E-state index is -0.591. The first kappa shape index (κ1) is 22.1. The minimum absolute atomic E-state index is 0.0432. The average Bonchev–Trinajstić information content (AvgIpc) is 2.95. The summed E-state index contributed by atoms with van der Waals surface area (Å²) in [6, 6.07) is 44.8. The van der Waals surface area contributed by atoms with Crippen molar-refractivity contribution in [1.29, 1.82) is 0 Å². The maximum Gasteiger partial charge on any atom is 0.0703 e. The quantitative estimate of drug-likeness (QED) is 0.283. The molecule has 2 N–H and O–H groups in total. The summed E-state index contributed by atoms with van der Waals surface area (Å²) in [6.45, 7) is 0. The number of fused-ring (bicyclic) bond motifs is 1. The first-order valence-electron chi connectivity index (χ1n) is 12.4. The van der Waals surface area contributed by atoms with Crippen LogP contribution in [0.15, 0.2) is 152 Å². The number of hydrogen-bond acceptors (Lipinski definition) is 2. The van der Waals surface area contributed by atoms with Gasteiger partial charge < -0.3 is 10.6 Å². The highest BCUT2D eigenvalue weighted by Gasteiger charge is 2.35. The first-order valence-corrected chi connectivity index (χ1v) is 12.4. The summed E-state index contributed by atoms with van der Waals surface area (Å²) < 4.78 is 0. The Balaban J connectivity index is 1.44. The van der Waals surface area contributed by atoms with Crippen LogP contribution in [0.1, 0.15) is 17.0 Å². The van der Waals surface area contributed by atoms with Crippen molar-refractivity contribution in [3.8, 4) is 0 Å². The zero-order valence-corrected chi connectivity index (χ0v) is 20.0. The van der Waals surface area contributed by atoms with Gasteiger partial charge in [-0.3, -0.25) is 0 Å². The molecule has 5 aromatic carbocycles. The number of rotatable bonds is 5. The van der Waals surface area contributed by atoms with Crippen LogP contribution in [-0.4, -0.2) is 0 Å². The molecule has 0 radical (unpaired) electrons. The molecule has 2 heteroatoms. The van der Waals surface area contributed by atoms with E-state index in [0.717, 1.165) is 22.6 Å². The molecule has 0 aromatic heterocycles. The van der Waals surface area contributed by atoms with Gasteiger partial charge in [-0.05, 0) is 46.8 Å². The molecule has 0 amide bonds. The van der Waals surface area contributed by atoms with Gasteiger partial charge in [0.2, 0.25) is 0 Å². The van der Waals surface area contributed by atoms with Crippen LogP contribution in [0.4, 0.5) is 17.1 Å². The topological polar surface area (TPSA) is 29.3 Å². The molecule has 1 aliphatic rings. The fraction of sp³-hybridized carbons (Fsp3) is 0.0588. The summed E-state index contributed by atoms with van der Waals surface area (Å²) in [7, 11) is 0. The Hall–Kier alpha value is -4.40. The summed E-state index contributed by atoms with van der Waals surface area (Å²) in [5, 5.41) is 2.45. The molecule has 2 unspecified atom stereocenters. The van der Waals surface area contributed by atoms with Crippen molar-refractivity contribution in [3.05, 3.63) is 163 Å². The number of hydrogen-bond donors (Lipinski definition) is 1. The predicted molar refractivity (Wildman–Crippen MR) is 152 cm³/mol. The molecule has 2 atom stereocenters. The van der Waals surface area contributed by atoms with Gasteiger partial charge in [0.05, 0.1) is 11.2 Å². The van der Waals surface area contributed by atoms with E-state index in [9.17, 15) is 0 Å². The van der Waals surface area contributed by atoms with Crippen LogP contribution in [0, 0.1) is 0 Å². The third-order valence-electron chi connectivity index (χ3n) is 7.11. The fourth-order valence-electron chi connectivity index (χ4n) is 5.28. The number of nitrogens with two attached hydrogens (primary N) is 1. The molecule has 0 fully saturated rings. The summed E-state index contributed by atoms with van der Waals surface area (Å²) in [6.07, 6.45) is 8.48. The smallest absolute Gasteiger partial charge is 0.0703 e. The third-order valence-corrected chi connectivity index (χ3v) is 7.11. The van der Waals surface area contributed by atoms with E-state index in [0.29, 0.717) is 0 Å². The molecule has 0 saturated heterocycles. The number of para-hydroxylation sites is 1. The predicted octanol–water partition coefficient (Wildman–Crippen LogP) is 8.37. The van der Waals surface area contributed by atoms with E-state index in [-0.39, 0.29) is 5.92 Å². The van der Waals surface area contributed by atoms with Crippen molar-refractivity contribution in [2.45, 2.75) is 11.5 Å². The highest BCUT2D eigenvalue weighted by molar-refractivity contribution is 5.98. The van der Waals surface area contributed by atoms with Gasteiger partial charge in [-0.2, -0.15) is 0 Å². The van der Waals surface area contributed by atoms with Crippen LogP contribution in [-0.2, 0) is 5.54 Å². The van der Waals surface area contributed by atoms with E-state index in [2.05, 4.69) is 151 Å².